The van der Waals surface area contributed by atoms with E-state index in [1.807, 2.05) is 45.0 Å². The van der Waals surface area contributed by atoms with Gasteiger partial charge in [0.15, 0.2) is 5.96 Å². The fraction of sp³-hybridized carbons (Fsp3) is 0.619. The summed E-state index contributed by atoms with van der Waals surface area (Å²) in [6, 6.07) is 7.96. The van der Waals surface area contributed by atoms with Crippen molar-refractivity contribution >= 4 is 12.1 Å². The van der Waals surface area contributed by atoms with Crippen LogP contribution in [0.15, 0.2) is 29.3 Å². The number of aliphatic imine (C=N–C) groups is 1. The minimum absolute atomic E-state index is 0.225. The Bertz CT molecular complexity index is 679. The molecule has 1 aromatic rings. The molecule has 0 atom stereocenters. The zero-order valence-corrected chi connectivity index (χ0v) is 18.3. The molecule has 8 heteroatoms. The lowest BCUT2D eigenvalue weighted by Crippen LogP contribution is -2.51. The Morgan fingerprint density at radius 3 is 2.52 bits per heavy atom. The lowest BCUT2D eigenvalue weighted by Gasteiger charge is -2.35. The van der Waals surface area contributed by atoms with Crippen molar-refractivity contribution in [2.24, 2.45) is 4.99 Å². The van der Waals surface area contributed by atoms with Crippen molar-refractivity contribution in [2.45, 2.75) is 32.9 Å². The van der Waals surface area contributed by atoms with Crippen molar-refractivity contribution in [1.29, 1.82) is 0 Å². The highest BCUT2D eigenvalue weighted by molar-refractivity contribution is 5.79. The molecule has 1 amide bonds. The van der Waals surface area contributed by atoms with Gasteiger partial charge < -0.3 is 25.0 Å². The number of nitrogens with zero attached hydrogens (tertiary/aromatic N) is 3. The largest absolute Gasteiger partial charge is 0.497 e. The quantitative estimate of drug-likeness (QED) is 0.556. The molecule has 0 aromatic heterocycles. The average Bonchev–Trinajstić information content (AvgIpc) is 2.70. The van der Waals surface area contributed by atoms with E-state index < -0.39 is 5.60 Å². The van der Waals surface area contributed by atoms with E-state index in [9.17, 15) is 4.79 Å². The van der Waals surface area contributed by atoms with Gasteiger partial charge in [0, 0.05) is 52.9 Å². The Morgan fingerprint density at radius 2 is 1.90 bits per heavy atom. The van der Waals surface area contributed by atoms with E-state index in [-0.39, 0.29) is 6.09 Å². The molecule has 1 saturated heterocycles. The van der Waals surface area contributed by atoms with Gasteiger partial charge in [0.2, 0.25) is 0 Å². The van der Waals surface area contributed by atoms with Crippen molar-refractivity contribution in [3.63, 3.8) is 0 Å². The number of hydrogen-bond donors (Lipinski definition) is 2. The van der Waals surface area contributed by atoms with Gasteiger partial charge >= 0.3 is 6.09 Å². The van der Waals surface area contributed by atoms with Crippen LogP contribution in [0.1, 0.15) is 26.3 Å². The van der Waals surface area contributed by atoms with Crippen LogP contribution in [0.3, 0.4) is 0 Å². The van der Waals surface area contributed by atoms with Gasteiger partial charge in [-0.25, -0.2) is 4.79 Å². The lowest BCUT2D eigenvalue weighted by molar-refractivity contribution is 0.0147. The van der Waals surface area contributed by atoms with Crippen LogP contribution in [0.5, 0.6) is 5.75 Å². The summed E-state index contributed by atoms with van der Waals surface area (Å²) < 4.78 is 10.7. The average molecular weight is 406 g/mol. The Balaban J connectivity index is 1.66. The third-order valence-electron chi connectivity index (χ3n) is 4.56. The number of carbonyl (C=O) groups is 1. The van der Waals surface area contributed by atoms with Gasteiger partial charge in [-0.05, 0) is 38.5 Å². The molecule has 1 aromatic carbocycles. The molecule has 162 valence electrons. The highest BCUT2D eigenvalue weighted by Crippen LogP contribution is 2.12. The maximum atomic E-state index is 12.1. The Hall–Kier alpha value is -2.48. The summed E-state index contributed by atoms with van der Waals surface area (Å²) in [6.07, 6.45) is -0.225. The van der Waals surface area contributed by atoms with Crippen LogP contribution in [0.25, 0.3) is 0 Å². The molecule has 1 fully saturated rings. The summed E-state index contributed by atoms with van der Waals surface area (Å²) in [5, 5.41) is 6.66. The maximum absolute atomic E-state index is 12.1. The van der Waals surface area contributed by atoms with Gasteiger partial charge in [0.1, 0.15) is 11.4 Å². The topological polar surface area (TPSA) is 78.4 Å². The second-order valence-electron chi connectivity index (χ2n) is 8.01. The number of carbonyl (C=O) groups excluding carboxylic acids is 1. The summed E-state index contributed by atoms with van der Waals surface area (Å²) in [7, 11) is 3.43. The van der Waals surface area contributed by atoms with Crippen LogP contribution in [0.4, 0.5) is 4.79 Å². The van der Waals surface area contributed by atoms with Crippen molar-refractivity contribution in [3.8, 4) is 5.75 Å². The van der Waals surface area contributed by atoms with Gasteiger partial charge in [-0.1, -0.05) is 12.1 Å². The van der Waals surface area contributed by atoms with E-state index >= 15 is 0 Å². The molecular weight excluding hydrogens is 370 g/mol. The summed E-state index contributed by atoms with van der Waals surface area (Å²) in [5.74, 6) is 1.61. The number of rotatable bonds is 6. The molecule has 1 heterocycles. The van der Waals surface area contributed by atoms with Crippen molar-refractivity contribution in [2.75, 3.05) is 53.4 Å². The summed E-state index contributed by atoms with van der Waals surface area (Å²) >= 11 is 0. The fourth-order valence-electron chi connectivity index (χ4n) is 3.00. The van der Waals surface area contributed by atoms with Crippen molar-refractivity contribution in [1.82, 2.24) is 20.4 Å². The molecule has 0 radical (unpaired) electrons. The first-order chi connectivity index (χ1) is 13.8. The van der Waals surface area contributed by atoms with Crippen LogP contribution < -0.4 is 15.4 Å². The number of amides is 1. The van der Waals surface area contributed by atoms with Crippen molar-refractivity contribution in [3.05, 3.63) is 29.8 Å². The Labute approximate surface area is 174 Å². The number of piperazine rings is 1. The summed E-state index contributed by atoms with van der Waals surface area (Å²) in [5.41, 5.74) is 0.678. The van der Waals surface area contributed by atoms with Gasteiger partial charge in [-0.2, -0.15) is 0 Å². The van der Waals surface area contributed by atoms with E-state index in [0.717, 1.165) is 43.5 Å². The summed E-state index contributed by atoms with van der Waals surface area (Å²) in [4.78, 5) is 20.5. The first kappa shape index (κ1) is 22.8. The maximum Gasteiger partial charge on any atom is 0.410 e. The molecule has 2 N–H and O–H groups in total. The summed E-state index contributed by atoms with van der Waals surface area (Å²) in [6.45, 7) is 11.1. The van der Waals surface area contributed by atoms with E-state index in [4.69, 9.17) is 9.47 Å². The SMILES string of the molecule is CN=C(NCCN1CCN(C(=O)OC(C)(C)C)CC1)NCc1cccc(OC)c1. The predicted molar refractivity (Wildman–Crippen MR) is 115 cm³/mol. The molecule has 2 rings (SSSR count). The highest BCUT2D eigenvalue weighted by atomic mass is 16.6. The van der Waals surface area contributed by atoms with Gasteiger partial charge in [-0.3, -0.25) is 9.89 Å². The molecule has 0 spiro atoms. The standard InChI is InChI=1S/C21H35N5O3/c1-21(2,3)29-20(27)26-13-11-25(12-14-26)10-9-23-19(22-4)24-16-17-7-6-8-18(15-17)28-5/h6-8,15H,9-14,16H2,1-5H3,(H2,22,23,24). The normalized spacial score (nSPS) is 15.8. The number of guanidine groups is 1. The second kappa shape index (κ2) is 10.9. The third kappa shape index (κ3) is 8.19. The molecule has 0 unspecified atom stereocenters. The minimum atomic E-state index is -0.452. The Morgan fingerprint density at radius 1 is 1.17 bits per heavy atom. The van der Waals surface area contributed by atoms with E-state index in [0.29, 0.717) is 19.6 Å². The van der Waals surface area contributed by atoms with Crippen LogP contribution in [-0.4, -0.2) is 80.9 Å². The van der Waals surface area contributed by atoms with Gasteiger partial charge in [-0.15, -0.1) is 0 Å². The zero-order valence-electron chi connectivity index (χ0n) is 18.3. The number of methoxy groups -OCH3 is 1. The van der Waals surface area contributed by atoms with E-state index in [2.05, 4.69) is 20.5 Å². The molecule has 0 bridgehead atoms. The number of benzene rings is 1. The van der Waals surface area contributed by atoms with Crippen LogP contribution in [0.2, 0.25) is 0 Å². The first-order valence-electron chi connectivity index (χ1n) is 10.1. The lowest BCUT2D eigenvalue weighted by atomic mass is 10.2. The second-order valence-corrected chi connectivity index (χ2v) is 8.01. The van der Waals surface area contributed by atoms with Crippen LogP contribution >= 0.6 is 0 Å². The highest BCUT2D eigenvalue weighted by Gasteiger charge is 2.25. The molecule has 0 aliphatic carbocycles. The Kier molecular flexibility index (Phi) is 8.57. The smallest absolute Gasteiger partial charge is 0.410 e. The monoisotopic (exact) mass is 405 g/mol. The predicted octanol–water partition coefficient (Wildman–Crippen LogP) is 1.91. The number of nitrogens with one attached hydrogen (secondary N) is 2. The fourth-order valence-corrected chi connectivity index (χ4v) is 3.00. The zero-order chi connectivity index (χ0) is 21.3. The van der Waals surface area contributed by atoms with Gasteiger partial charge in [0.25, 0.3) is 0 Å². The van der Waals surface area contributed by atoms with Crippen molar-refractivity contribution < 1.29 is 14.3 Å². The van der Waals surface area contributed by atoms with Crippen LogP contribution in [0, 0.1) is 0 Å². The molecule has 1 aliphatic heterocycles. The molecular formula is C21H35N5O3. The number of hydrogen-bond acceptors (Lipinski definition) is 5. The molecule has 0 saturated carbocycles. The number of ether oxygens (including phenoxy) is 2. The third-order valence-corrected chi connectivity index (χ3v) is 4.56. The molecule has 29 heavy (non-hydrogen) atoms. The van der Waals surface area contributed by atoms with Crippen LogP contribution in [-0.2, 0) is 11.3 Å². The van der Waals surface area contributed by atoms with E-state index in [1.165, 1.54) is 0 Å². The van der Waals surface area contributed by atoms with Gasteiger partial charge in [0.05, 0.1) is 7.11 Å². The van der Waals surface area contributed by atoms with E-state index in [1.54, 1.807) is 19.1 Å². The molecule has 1 aliphatic rings. The minimum Gasteiger partial charge on any atom is -0.497 e. The molecule has 8 nitrogen and oxygen atoms in total. The first-order valence-corrected chi connectivity index (χ1v) is 10.1.